The lowest BCUT2D eigenvalue weighted by molar-refractivity contribution is -0.121. The quantitative estimate of drug-likeness (QED) is 0.681. The number of benzene rings is 1. The van der Waals surface area contributed by atoms with E-state index in [0.717, 1.165) is 31.1 Å². The lowest BCUT2D eigenvalue weighted by atomic mass is 10.1. The number of rotatable bonds is 9. The van der Waals surface area contributed by atoms with Gasteiger partial charge in [0.1, 0.15) is 5.75 Å². The molecule has 0 unspecified atom stereocenters. The fourth-order valence-electron chi connectivity index (χ4n) is 2.00. The van der Waals surface area contributed by atoms with Gasteiger partial charge in [-0.3, -0.25) is 4.79 Å². The van der Waals surface area contributed by atoms with Crippen LogP contribution in [0.4, 0.5) is 0 Å². The van der Waals surface area contributed by atoms with Gasteiger partial charge in [0.25, 0.3) is 0 Å². The number of phenolic OH excluding ortho intramolecular Hbond substituents is 1. The van der Waals surface area contributed by atoms with Gasteiger partial charge in [-0.2, -0.15) is 0 Å². The van der Waals surface area contributed by atoms with Crippen LogP contribution in [-0.2, 0) is 16.0 Å². The predicted molar refractivity (Wildman–Crippen MR) is 77.6 cm³/mol. The highest BCUT2D eigenvalue weighted by molar-refractivity contribution is 5.76. The number of carbonyl (C=O) groups is 1. The van der Waals surface area contributed by atoms with E-state index in [-0.39, 0.29) is 11.7 Å². The van der Waals surface area contributed by atoms with Crippen molar-refractivity contribution in [1.29, 1.82) is 0 Å². The van der Waals surface area contributed by atoms with Crippen LogP contribution in [0.15, 0.2) is 24.3 Å². The molecule has 0 spiro atoms. The normalized spacial score (nSPS) is 14.2. The molecule has 1 fully saturated rings. The monoisotopic (exact) mass is 277 g/mol. The van der Waals surface area contributed by atoms with Gasteiger partial charge < -0.3 is 15.2 Å². The van der Waals surface area contributed by atoms with Crippen molar-refractivity contribution in [2.24, 2.45) is 5.92 Å². The minimum atomic E-state index is 0.0236. The standard InChI is InChI=1S/C16H23NO3/c18-15-5-2-1-4-14(15)8-9-16(19)17-10-3-11-20-12-13-6-7-13/h1-2,4-5,13,18H,3,6-12H2,(H,17,19). The van der Waals surface area contributed by atoms with Crippen molar-refractivity contribution in [3.63, 3.8) is 0 Å². The highest BCUT2D eigenvalue weighted by Gasteiger charge is 2.20. The van der Waals surface area contributed by atoms with Crippen LogP contribution < -0.4 is 5.32 Å². The van der Waals surface area contributed by atoms with Gasteiger partial charge in [0, 0.05) is 26.2 Å². The van der Waals surface area contributed by atoms with Crippen LogP contribution in [0.2, 0.25) is 0 Å². The lowest BCUT2D eigenvalue weighted by Crippen LogP contribution is -2.25. The zero-order valence-corrected chi connectivity index (χ0v) is 11.8. The van der Waals surface area contributed by atoms with Gasteiger partial charge in [-0.25, -0.2) is 0 Å². The zero-order chi connectivity index (χ0) is 14.2. The predicted octanol–water partition coefficient (Wildman–Crippen LogP) is 2.26. The molecule has 1 aromatic rings. The van der Waals surface area contributed by atoms with E-state index >= 15 is 0 Å². The number of phenols is 1. The van der Waals surface area contributed by atoms with E-state index in [1.165, 1.54) is 12.8 Å². The Morgan fingerprint density at radius 3 is 2.90 bits per heavy atom. The maximum Gasteiger partial charge on any atom is 0.220 e. The lowest BCUT2D eigenvalue weighted by Gasteiger charge is -2.07. The van der Waals surface area contributed by atoms with Crippen LogP contribution in [0.25, 0.3) is 0 Å². The summed E-state index contributed by atoms with van der Waals surface area (Å²) in [5.41, 5.74) is 0.815. The van der Waals surface area contributed by atoms with E-state index in [1.54, 1.807) is 12.1 Å². The van der Waals surface area contributed by atoms with Gasteiger partial charge in [-0.1, -0.05) is 18.2 Å². The van der Waals surface area contributed by atoms with Crippen molar-refractivity contribution in [3.05, 3.63) is 29.8 Å². The topological polar surface area (TPSA) is 58.6 Å². The molecule has 0 aliphatic heterocycles. The highest BCUT2D eigenvalue weighted by atomic mass is 16.5. The zero-order valence-electron chi connectivity index (χ0n) is 11.8. The maximum atomic E-state index is 11.6. The fraction of sp³-hybridized carbons (Fsp3) is 0.562. The van der Waals surface area contributed by atoms with Crippen LogP contribution in [0.3, 0.4) is 0 Å². The van der Waals surface area contributed by atoms with Gasteiger partial charge >= 0.3 is 0 Å². The molecule has 0 saturated heterocycles. The number of para-hydroxylation sites is 1. The molecule has 1 aliphatic rings. The summed E-state index contributed by atoms with van der Waals surface area (Å²) in [6, 6.07) is 7.13. The van der Waals surface area contributed by atoms with Crippen molar-refractivity contribution in [3.8, 4) is 5.75 Å². The summed E-state index contributed by atoms with van der Waals surface area (Å²) < 4.78 is 5.50. The molecule has 4 heteroatoms. The number of ether oxygens (including phenoxy) is 1. The smallest absolute Gasteiger partial charge is 0.220 e. The van der Waals surface area contributed by atoms with E-state index in [0.29, 0.717) is 19.4 Å². The van der Waals surface area contributed by atoms with Crippen molar-refractivity contribution >= 4 is 5.91 Å². The second-order valence-corrected chi connectivity index (χ2v) is 5.35. The molecule has 0 heterocycles. The highest BCUT2D eigenvalue weighted by Crippen LogP contribution is 2.28. The third kappa shape index (κ3) is 5.61. The summed E-state index contributed by atoms with van der Waals surface area (Å²) in [5.74, 6) is 1.08. The van der Waals surface area contributed by atoms with E-state index in [4.69, 9.17) is 4.74 Å². The third-order valence-corrected chi connectivity index (χ3v) is 3.45. The minimum Gasteiger partial charge on any atom is -0.508 e. The average molecular weight is 277 g/mol. The molecule has 20 heavy (non-hydrogen) atoms. The molecule has 0 radical (unpaired) electrons. The Kier molecular flexibility index (Phi) is 5.87. The first-order chi connectivity index (χ1) is 9.75. The molecular weight excluding hydrogens is 254 g/mol. The number of amides is 1. The van der Waals surface area contributed by atoms with E-state index in [2.05, 4.69) is 5.32 Å². The first kappa shape index (κ1) is 14.9. The largest absolute Gasteiger partial charge is 0.508 e. The Morgan fingerprint density at radius 1 is 1.35 bits per heavy atom. The molecule has 2 rings (SSSR count). The molecule has 1 aliphatic carbocycles. The number of hydrogen-bond acceptors (Lipinski definition) is 3. The number of carbonyl (C=O) groups excluding carboxylic acids is 1. The Bertz CT molecular complexity index is 429. The molecule has 4 nitrogen and oxygen atoms in total. The Hall–Kier alpha value is -1.55. The molecule has 0 aromatic heterocycles. The molecule has 1 aromatic carbocycles. The van der Waals surface area contributed by atoms with Crippen LogP contribution in [0, 0.1) is 5.92 Å². The number of nitrogens with one attached hydrogen (secondary N) is 1. The average Bonchev–Trinajstić information content (AvgIpc) is 3.26. The number of aromatic hydroxyl groups is 1. The molecule has 0 atom stereocenters. The van der Waals surface area contributed by atoms with E-state index < -0.39 is 0 Å². The van der Waals surface area contributed by atoms with Gasteiger partial charge in [0.15, 0.2) is 0 Å². The van der Waals surface area contributed by atoms with Crippen molar-refractivity contribution in [2.75, 3.05) is 19.8 Å². The van der Waals surface area contributed by atoms with Gasteiger partial charge in [-0.15, -0.1) is 0 Å². The second-order valence-electron chi connectivity index (χ2n) is 5.35. The molecule has 110 valence electrons. The first-order valence-corrected chi connectivity index (χ1v) is 7.37. The SMILES string of the molecule is O=C(CCc1ccccc1O)NCCCOCC1CC1. The van der Waals surface area contributed by atoms with Gasteiger partial charge in [0.05, 0.1) is 0 Å². The minimum absolute atomic E-state index is 0.0236. The summed E-state index contributed by atoms with van der Waals surface area (Å²) in [6.07, 6.45) is 4.44. The Balaban J connectivity index is 1.50. The number of aryl methyl sites for hydroxylation is 1. The van der Waals surface area contributed by atoms with E-state index in [1.807, 2.05) is 12.1 Å². The molecule has 2 N–H and O–H groups in total. The molecular formula is C16H23NO3. The first-order valence-electron chi connectivity index (χ1n) is 7.37. The van der Waals surface area contributed by atoms with Crippen LogP contribution in [0.5, 0.6) is 5.75 Å². The van der Waals surface area contributed by atoms with Crippen LogP contribution in [0.1, 0.15) is 31.2 Å². The summed E-state index contributed by atoms with van der Waals surface area (Å²) in [6.45, 7) is 2.25. The number of hydrogen-bond donors (Lipinski definition) is 2. The third-order valence-electron chi connectivity index (χ3n) is 3.45. The maximum absolute atomic E-state index is 11.6. The second kappa shape index (κ2) is 7.90. The summed E-state index contributed by atoms with van der Waals surface area (Å²) >= 11 is 0. The molecule has 1 amide bonds. The summed E-state index contributed by atoms with van der Waals surface area (Å²) in [4.78, 5) is 11.6. The van der Waals surface area contributed by atoms with Crippen molar-refractivity contribution < 1.29 is 14.6 Å². The fourth-order valence-corrected chi connectivity index (χ4v) is 2.00. The van der Waals surface area contributed by atoms with Crippen LogP contribution in [-0.4, -0.2) is 30.8 Å². The Labute approximate surface area is 120 Å². The van der Waals surface area contributed by atoms with Gasteiger partial charge in [0.2, 0.25) is 5.91 Å². The van der Waals surface area contributed by atoms with Gasteiger partial charge in [-0.05, 0) is 43.2 Å². The van der Waals surface area contributed by atoms with E-state index in [9.17, 15) is 9.90 Å². The Morgan fingerprint density at radius 2 is 2.15 bits per heavy atom. The summed E-state index contributed by atoms with van der Waals surface area (Å²) in [5, 5.41) is 12.5. The van der Waals surface area contributed by atoms with Crippen molar-refractivity contribution in [1.82, 2.24) is 5.32 Å². The molecule has 1 saturated carbocycles. The van der Waals surface area contributed by atoms with Crippen LogP contribution >= 0.6 is 0 Å². The van der Waals surface area contributed by atoms with Crippen molar-refractivity contribution in [2.45, 2.75) is 32.1 Å². The summed E-state index contributed by atoms with van der Waals surface area (Å²) in [7, 11) is 0. The molecule has 0 bridgehead atoms.